The Hall–Kier alpha value is -0.830. The van der Waals surface area contributed by atoms with E-state index in [1.54, 1.807) is 0 Å². The van der Waals surface area contributed by atoms with Gasteiger partial charge in [-0.2, -0.15) is 5.10 Å². The Morgan fingerprint density at radius 3 is 2.60 bits per heavy atom. The molecule has 0 unspecified atom stereocenters. The number of hydrogen-bond donors (Lipinski definition) is 1. The lowest BCUT2D eigenvalue weighted by Crippen LogP contribution is -2.40. The lowest BCUT2D eigenvalue weighted by atomic mass is 9.98. The molecular weight excluding hydrogens is 246 g/mol. The highest BCUT2D eigenvalue weighted by Crippen LogP contribution is 2.48. The van der Waals surface area contributed by atoms with Crippen molar-refractivity contribution in [2.75, 3.05) is 6.54 Å². The van der Waals surface area contributed by atoms with Gasteiger partial charge in [-0.3, -0.25) is 4.68 Å². The molecule has 0 amide bonds. The Morgan fingerprint density at radius 1 is 1.30 bits per heavy atom. The van der Waals surface area contributed by atoms with Crippen LogP contribution in [0.4, 0.5) is 0 Å². The maximum atomic E-state index is 4.85. The topological polar surface area (TPSA) is 29.9 Å². The monoisotopic (exact) mass is 275 g/mol. The minimum atomic E-state index is 0.221. The zero-order chi connectivity index (χ0) is 14.2. The van der Waals surface area contributed by atoms with Crippen molar-refractivity contribution in [3.63, 3.8) is 0 Å². The van der Waals surface area contributed by atoms with Gasteiger partial charge >= 0.3 is 0 Å². The maximum Gasteiger partial charge on any atom is 0.0630 e. The predicted molar refractivity (Wildman–Crippen MR) is 82.9 cm³/mol. The van der Waals surface area contributed by atoms with Crippen LogP contribution in [0.3, 0.4) is 0 Å². The maximum absolute atomic E-state index is 4.85. The van der Waals surface area contributed by atoms with Gasteiger partial charge in [0.05, 0.1) is 11.7 Å². The molecule has 0 saturated heterocycles. The lowest BCUT2D eigenvalue weighted by molar-refractivity contribution is 0.353. The number of nitrogens with zero attached hydrogens (tertiary/aromatic N) is 2. The van der Waals surface area contributed by atoms with E-state index in [0.717, 1.165) is 13.0 Å². The van der Waals surface area contributed by atoms with Crippen molar-refractivity contribution < 1.29 is 0 Å². The zero-order valence-electron chi connectivity index (χ0n) is 13.3. The van der Waals surface area contributed by atoms with Gasteiger partial charge in [0, 0.05) is 18.3 Å². The molecule has 2 aliphatic rings. The molecule has 3 heteroatoms. The molecule has 0 aromatic carbocycles. The second-order valence-corrected chi connectivity index (χ2v) is 8.01. The summed E-state index contributed by atoms with van der Waals surface area (Å²) in [5.74, 6) is 0. The van der Waals surface area contributed by atoms with Crippen molar-refractivity contribution in [1.29, 1.82) is 0 Å². The molecule has 112 valence electrons. The summed E-state index contributed by atoms with van der Waals surface area (Å²) < 4.78 is 2.23. The fourth-order valence-electron chi connectivity index (χ4n) is 3.27. The Labute approximate surface area is 123 Å². The third-order valence-corrected chi connectivity index (χ3v) is 4.87. The molecule has 0 spiro atoms. The molecule has 1 N–H and O–H groups in total. The SMILES string of the molecule is CC(C)(C)NCC1(Cc2ccn(C3CCCC3)n2)CC1. The van der Waals surface area contributed by atoms with Crippen LogP contribution < -0.4 is 5.32 Å². The van der Waals surface area contributed by atoms with E-state index in [0.29, 0.717) is 11.5 Å². The van der Waals surface area contributed by atoms with E-state index < -0.39 is 0 Å². The Morgan fingerprint density at radius 2 is 2.00 bits per heavy atom. The van der Waals surface area contributed by atoms with Gasteiger partial charge in [0.2, 0.25) is 0 Å². The first-order chi connectivity index (χ1) is 9.46. The summed E-state index contributed by atoms with van der Waals surface area (Å²) in [5.41, 5.74) is 2.01. The summed E-state index contributed by atoms with van der Waals surface area (Å²) in [6.07, 6.45) is 11.4. The third kappa shape index (κ3) is 3.43. The first-order valence-electron chi connectivity index (χ1n) is 8.25. The Balaban J connectivity index is 1.57. The van der Waals surface area contributed by atoms with Crippen molar-refractivity contribution in [3.05, 3.63) is 18.0 Å². The second kappa shape index (κ2) is 5.18. The van der Waals surface area contributed by atoms with Crippen LogP contribution in [0.5, 0.6) is 0 Å². The zero-order valence-corrected chi connectivity index (χ0v) is 13.3. The highest BCUT2D eigenvalue weighted by Gasteiger charge is 2.43. The van der Waals surface area contributed by atoms with Crippen LogP contribution in [0, 0.1) is 5.41 Å². The van der Waals surface area contributed by atoms with Gasteiger partial charge in [0.1, 0.15) is 0 Å². The van der Waals surface area contributed by atoms with Crippen LogP contribution in [-0.4, -0.2) is 21.9 Å². The molecule has 20 heavy (non-hydrogen) atoms. The molecule has 1 aromatic heterocycles. The van der Waals surface area contributed by atoms with E-state index in [1.165, 1.54) is 44.2 Å². The van der Waals surface area contributed by atoms with Gasteiger partial charge in [0.25, 0.3) is 0 Å². The molecule has 0 aliphatic heterocycles. The fraction of sp³-hybridized carbons (Fsp3) is 0.824. The van der Waals surface area contributed by atoms with Crippen LogP contribution in [0.25, 0.3) is 0 Å². The molecule has 3 nitrogen and oxygen atoms in total. The minimum Gasteiger partial charge on any atom is -0.312 e. The Bertz CT molecular complexity index is 445. The van der Waals surface area contributed by atoms with E-state index in [2.05, 4.69) is 43.0 Å². The van der Waals surface area contributed by atoms with Crippen molar-refractivity contribution in [2.24, 2.45) is 5.41 Å². The number of aromatic nitrogens is 2. The van der Waals surface area contributed by atoms with Crippen LogP contribution in [0.1, 0.15) is 71.0 Å². The van der Waals surface area contributed by atoms with Gasteiger partial charge in [-0.15, -0.1) is 0 Å². The molecule has 1 heterocycles. The molecule has 2 aliphatic carbocycles. The summed E-state index contributed by atoms with van der Waals surface area (Å²) in [7, 11) is 0. The third-order valence-electron chi connectivity index (χ3n) is 4.87. The summed E-state index contributed by atoms with van der Waals surface area (Å²) in [6, 6.07) is 2.92. The van der Waals surface area contributed by atoms with Gasteiger partial charge in [0.15, 0.2) is 0 Å². The van der Waals surface area contributed by atoms with E-state index in [-0.39, 0.29) is 5.54 Å². The molecule has 2 fully saturated rings. The average molecular weight is 275 g/mol. The predicted octanol–water partition coefficient (Wildman–Crippen LogP) is 3.71. The Kier molecular flexibility index (Phi) is 3.65. The lowest BCUT2D eigenvalue weighted by Gasteiger charge is -2.24. The van der Waals surface area contributed by atoms with Gasteiger partial charge < -0.3 is 5.32 Å². The molecular formula is C17H29N3. The first-order valence-corrected chi connectivity index (χ1v) is 8.25. The minimum absolute atomic E-state index is 0.221. The molecule has 0 radical (unpaired) electrons. The average Bonchev–Trinajstić information content (AvgIpc) is 2.82. The summed E-state index contributed by atoms with van der Waals surface area (Å²) in [4.78, 5) is 0. The summed E-state index contributed by atoms with van der Waals surface area (Å²) >= 11 is 0. The van der Waals surface area contributed by atoms with Gasteiger partial charge in [-0.25, -0.2) is 0 Å². The van der Waals surface area contributed by atoms with Crippen molar-refractivity contribution in [2.45, 2.75) is 77.3 Å². The molecule has 0 bridgehead atoms. The molecule has 1 aromatic rings. The standard InChI is InChI=1S/C17H29N3/c1-16(2,3)18-13-17(9-10-17)12-14-8-11-20(19-14)15-6-4-5-7-15/h8,11,15,18H,4-7,9-10,12-13H2,1-3H3. The number of nitrogens with one attached hydrogen (secondary N) is 1. The van der Waals surface area contributed by atoms with E-state index in [9.17, 15) is 0 Å². The molecule has 3 rings (SSSR count). The quantitative estimate of drug-likeness (QED) is 0.888. The first kappa shape index (κ1) is 14.1. The highest BCUT2D eigenvalue weighted by molar-refractivity contribution is 5.09. The molecule has 2 saturated carbocycles. The fourth-order valence-corrected chi connectivity index (χ4v) is 3.27. The molecule has 0 atom stereocenters. The number of rotatable bonds is 5. The largest absolute Gasteiger partial charge is 0.312 e. The van der Waals surface area contributed by atoms with Gasteiger partial charge in [-0.05, 0) is 64.4 Å². The smallest absolute Gasteiger partial charge is 0.0630 e. The van der Waals surface area contributed by atoms with Crippen LogP contribution in [-0.2, 0) is 6.42 Å². The van der Waals surface area contributed by atoms with Crippen molar-refractivity contribution >= 4 is 0 Å². The van der Waals surface area contributed by atoms with Gasteiger partial charge in [-0.1, -0.05) is 12.8 Å². The summed E-state index contributed by atoms with van der Waals surface area (Å²) in [6.45, 7) is 7.88. The highest BCUT2D eigenvalue weighted by atomic mass is 15.3. The van der Waals surface area contributed by atoms with Crippen molar-refractivity contribution in [1.82, 2.24) is 15.1 Å². The van der Waals surface area contributed by atoms with E-state index in [1.807, 2.05) is 0 Å². The van der Waals surface area contributed by atoms with Crippen LogP contribution in [0.2, 0.25) is 0 Å². The normalized spacial score (nSPS) is 22.4. The summed E-state index contributed by atoms with van der Waals surface area (Å²) in [5, 5.41) is 8.52. The van der Waals surface area contributed by atoms with Crippen LogP contribution >= 0.6 is 0 Å². The number of hydrogen-bond acceptors (Lipinski definition) is 2. The van der Waals surface area contributed by atoms with E-state index >= 15 is 0 Å². The second-order valence-electron chi connectivity index (χ2n) is 8.01. The van der Waals surface area contributed by atoms with E-state index in [4.69, 9.17) is 5.10 Å². The van der Waals surface area contributed by atoms with Crippen molar-refractivity contribution in [3.8, 4) is 0 Å². The van der Waals surface area contributed by atoms with Crippen LogP contribution in [0.15, 0.2) is 12.3 Å².